The number of rotatable bonds is 4. The van der Waals surface area contributed by atoms with Crippen LogP contribution in [0, 0.1) is 11.8 Å². The molecule has 0 bridgehead atoms. The van der Waals surface area contributed by atoms with Crippen LogP contribution in [0.1, 0.15) is 43.2 Å². The summed E-state index contributed by atoms with van der Waals surface area (Å²) in [6.07, 6.45) is 5.60. The molecule has 0 aliphatic heterocycles. The number of hydrogen-bond donors (Lipinski definition) is 1. The third-order valence-electron chi connectivity index (χ3n) is 4.59. The Hall–Kier alpha value is -0.820. The molecule has 2 aliphatic rings. The molecule has 1 saturated carbocycles. The van der Waals surface area contributed by atoms with Crippen LogP contribution in [0.25, 0.3) is 0 Å². The average molecular weight is 229 g/mol. The van der Waals surface area contributed by atoms with Crippen molar-refractivity contribution in [1.82, 2.24) is 5.32 Å². The van der Waals surface area contributed by atoms with Gasteiger partial charge in [0, 0.05) is 12.5 Å². The van der Waals surface area contributed by atoms with Gasteiger partial charge in [0.2, 0.25) is 0 Å². The summed E-state index contributed by atoms with van der Waals surface area (Å²) in [6, 6.07) is 8.89. The molecule has 0 heterocycles. The lowest BCUT2D eigenvalue weighted by Gasteiger charge is -2.30. The van der Waals surface area contributed by atoms with E-state index in [1.165, 1.54) is 38.8 Å². The molecule has 0 saturated heterocycles. The fraction of sp³-hybridized carbons (Fsp3) is 0.625. The molecule has 0 amide bonds. The summed E-state index contributed by atoms with van der Waals surface area (Å²) in [4.78, 5) is 0. The highest BCUT2D eigenvalue weighted by atomic mass is 14.9. The first-order valence-electron chi connectivity index (χ1n) is 7.11. The average Bonchev–Trinajstić information content (AvgIpc) is 2.71. The normalized spacial score (nSPS) is 31.0. The molecular weight excluding hydrogens is 206 g/mol. The molecule has 92 valence electrons. The van der Waals surface area contributed by atoms with Crippen LogP contribution in [-0.2, 0) is 6.42 Å². The number of benzene rings is 1. The van der Waals surface area contributed by atoms with Gasteiger partial charge in [-0.3, -0.25) is 0 Å². The Bertz CT molecular complexity index is 385. The Morgan fingerprint density at radius 1 is 1.18 bits per heavy atom. The van der Waals surface area contributed by atoms with Crippen molar-refractivity contribution in [1.29, 1.82) is 0 Å². The predicted octanol–water partition coefficient (Wildman–Crippen LogP) is 3.35. The van der Waals surface area contributed by atoms with Gasteiger partial charge >= 0.3 is 0 Å². The minimum atomic E-state index is 0.782. The van der Waals surface area contributed by atoms with E-state index < -0.39 is 0 Å². The summed E-state index contributed by atoms with van der Waals surface area (Å²) in [5.41, 5.74) is 3.15. The first-order valence-corrected chi connectivity index (χ1v) is 7.11. The lowest BCUT2D eigenvalue weighted by Crippen LogP contribution is -2.31. The number of fused-ring (bicyclic) bond motifs is 1. The van der Waals surface area contributed by atoms with Crippen molar-refractivity contribution in [3.63, 3.8) is 0 Å². The molecule has 3 unspecified atom stereocenters. The van der Waals surface area contributed by atoms with Crippen LogP contribution in [0.5, 0.6) is 0 Å². The van der Waals surface area contributed by atoms with Gasteiger partial charge in [-0.05, 0) is 48.8 Å². The fourth-order valence-corrected chi connectivity index (χ4v) is 3.52. The molecule has 3 rings (SSSR count). The zero-order valence-electron chi connectivity index (χ0n) is 10.8. The standard InChI is InChI=1S/C16H23N/c1-12-6-7-13(8-12)10-17-11-15-9-14-4-2-3-5-16(14)15/h2-5,12-13,15,17H,6-11H2,1H3. The molecule has 2 aliphatic carbocycles. The molecule has 1 heteroatoms. The zero-order valence-corrected chi connectivity index (χ0v) is 10.8. The summed E-state index contributed by atoms with van der Waals surface area (Å²) >= 11 is 0. The maximum absolute atomic E-state index is 3.69. The quantitative estimate of drug-likeness (QED) is 0.835. The summed E-state index contributed by atoms with van der Waals surface area (Å²) in [7, 11) is 0. The highest BCUT2D eigenvalue weighted by Crippen LogP contribution is 2.34. The monoisotopic (exact) mass is 229 g/mol. The maximum Gasteiger partial charge on any atom is 0.00235 e. The van der Waals surface area contributed by atoms with E-state index in [1.54, 1.807) is 11.1 Å². The van der Waals surface area contributed by atoms with Crippen LogP contribution in [0.4, 0.5) is 0 Å². The lowest BCUT2D eigenvalue weighted by molar-refractivity contribution is 0.445. The van der Waals surface area contributed by atoms with Crippen molar-refractivity contribution in [2.24, 2.45) is 11.8 Å². The van der Waals surface area contributed by atoms with Gasteiger partial charge < -0.3 is 5.32 Å². The minimum absolute atomic E-state index is 0.782. The van der Waals surface area contributed by atoms with Crippen LogP contribution in [0.15, 0.2) is 24.3 Å². The van der Waals surface area contributed by atoms with Crippen LogP contribution in [-0.4, -0.2) is 13.1 Å². The van der Waals surface area contributed by atoms with Crippen LogP contribution in [0.2, 0.25) is 0 Å². The highest BCUT2D eigenvalue weighted by molar-refractivity contribution is 5.40. The molecule has 1 aromatic rings. The van der Waals surface area contributed by atoms with Crippen molar-refractivity contribution in [3.05, 3.63) is 35.4 Å². The van der Waals surface area contributed by atoms with E-state index in [9.17, 15) is 0 Å². The summed E-state index contributed by atoms with van der Waals surface area (Å²) < 4.78 is 0. The lowest BCUT2D eigenvalue weighted by atomic mass is 9.77. The first-order chi connectivity index (χ1) is 8.33. The van der Waals surface area contributed by atoms with Crippen molar-refractivity contribution in [2.45, 2.75) is 38.5 Å². The molecule has 1 aromatic carbocycles. The Kier molecular flexibility index (Phi) is 3.19. The largest absolute Gasteiger partial charge is 0.316 e. The molecule has 3 atom stereocenters. The second-order valence-electron chi connectivity index (χ2n) is 6.04. The molecule has 1 N–H and O–H groups in total. The Balaban J connectivity index is 1.42. The molecule has 1 nitrogen and oxygen atoms in total. The van der Waals surface area contributed by atoms with Gasteiger partial charge in [0.15, 0.2) is 0 Å². The van der Waals surface area contributed by atoms with E-state index in [4.69, 9.17) is 0 Å². The van der Waals surface area contributed by atoms with E-state index in [-0.39, 0.29) is 0 Å². The van der Waals surface area contributed by atoms with Crippen LogP contribution in [0.3, 0.4) is 0 Å². The van der Waals surface area contributed by atoms with Crippen LogP contribution < -0.4 is 5.32 Å². The summed E-state index contributed by atoms with van der Waals surface area (Å²) in [5, 5.41) is 3.69. The highest BCUT2D eigenvalue weighted by Gasteiger charge is 2.26. The van der Waals surface area contributed by atoms with Crippen molar-refractivity contribution in [2.75, 3.05) is 13.1 Å². The molecule has 1 fully saturated rings. The smallest absolute Gasteiger partial charge is 0.00235 e. The van der Waals surface area contributed by atoms with E-state index in [2.05, 4.69) is 36.5 Å². The molecule has 0 spiro atoms. The Labute approximate surface area is 105 Å². The van der Waals surface area contributed by atoms with Crippen molar-refractivity contribution in [3.8, 4) is 0 Å². The van der Waals surface area contributed by atoms with Gasteiger partial charge in [0.25, 0.3) is 0 Å². The molecule has 0 aromatic heterocycles. The number of hydrogen-bond acceptors (Lipinski definition) is 1. The van der Waals surface area contributed by atoms with E-state index >= 15 is 0 Å². The van der Waals surface area contributed by atoms with E-state index in [1.807, 2.05) is 0 Å². The first kappa shape index (κ1) is 11.3. The minimum Gasteiger partial charge on any atom is -0.316 e. The van der Waals surface area contributed by atoms with Crippen LogP contribution >= 0.6 is 0 Å². The summed E-state index contributed by atoms with van der Waals surface area (Å²) in [5.74, 6) is 2.69. The van der Waals surface area contributed by atoms with Gasteiger partial charge in [-0.1, -0.05) is 37.6 Å². The second kappa shape index (κ2) is 4.81. The predicted molar refractivity (Wildman–Crippen MR) is 72.3 cm³/mol. The van der Waals surface area contributed by atoms with E-state index in [0.717, 1.165) is 17.8 Å². The van der Waals surface area contributed by atoms with Crippen molar-refractivity contribution >= 4 is 0 Å². The van der Waals surface area contributed by atoms with Gasteiger partial charge in [0.1, 0.15) is 0 Å². The third kappa shape index (κ3) is 2.40. The van der Waals surface area contributed by atoms with Crippen molar-refractivity contribution < 1.29 is 0 Å². The molecular formula is C16H23N. The third-order valence-corrected chi connectivity index (χ3v) is 4.59. The second-order valence-corrected chi connectivity index (χ2v) is 6.04. The maximum atomic E-state index is 3.69. The van der Waals surface area contributed by atoms with Gasteiger partial charge in [0.05, 0.1) is 0 Å². The van der Waals surface area contributed by atoms with Gasteiger partial charge in [-0.2, -0.15) is 0 Å². The zero-order chi connectivity index (χ0) is 11.7. The molecule has 0 radical (unpaired) electrons. The van der Waals surface area contributed by atoms with E-state index in [0.29, 0.717) is 0 Å². The summed E-state index contributed by atoms with van der Waals surface area (Å²) in [6.45, 7) is 4.81. The SMILES string of the molecule is CC1CCC(CNCC2Cc3ccccc32)C1. The molecule has 17 heavy (non-hydrogen) atoms. The topological polar surface area (TPSA) is 12.0 Å². The Morgan fingerprint density at radius 3 is 2.82 bits per heavy atom. The van der Waals surface area contributed by atoms with Gasteiger partial charge in [-0.15, -0.1) is 0 Å². The van der Waals surface area contributed by atoms with Gasteiger partial charge in [-0.25, -0.2) is 0 Å². The fourth-order valence-electron chi connectivity index (χ4n) is 3.52. The number of nitrogens with one attached hydrogen (secondary N) is 1. The Morgan fingerprint density at radius 2 is 2.06 bits per heavy atom.